The predicted octanol–water partition coefficient (Wildman–Crippen LogP) is 1.37. The van der Waals surface area contributed by atoms with Crippen LogP contribution in [0.4, 0.5) is 5.13 Å². The molecular weight excluding hydrogens is 252 g/mol. The van der Waals surface area contributed by atoms with E-state index in [0.717, 1.165) is 6.42 Å². The summed E-state index contributed by atoms with van der Waals surface area (Å²) in [5.41, 5.74) is 0.00218. The van der Waals surface area contributed by atoms with Crippen molar-refractivity contribution in [2.45, 2.75) is 20.3 Å². The van der Waals surface area contributed by atoms with Gasteiger partial charge in [-0.15, -0.1) is 10.2 Å². The minimum Gasteiger partial charge on any atom is -0.385 e. The maximum atomic E-state index is 11.8. The number of methoxy groups -OCH3 is 1. The van der Waals surface area contributed by atoms with Gasteiger partial charge in [0.25, 0.3) is 5.91 Å². The van der Waals surface area contributed by atoms with Gasteiger partial charge in [-0.1, -0.05) is 25.2 Å². The van der Waals surface area contributed by atoms with Gasteiger partial charge in [0.05, 0.1) is 0 Å². The molecule has 18 heavy (non-hydrogen) atoms. The lowest BCUT2D eigenvalue weighted by Gasteiger charge is -2.24. The van der Waals surface area contributed by atoms with Crippen LogP contribution in [0.15, 0.2) is 0 Å². The normalized spacial score (nSPS) is 11.3. The second-order valence-electron chi connectivity index (χ2n) is 4.75. The van der Waals surface area contributed by atoms with Crippen LogP contribution in [-0.2, 0) is 4.74 Å². The van der Waals surface area contributed by atoms with E-state index in [1.54, 1.807) is 14.2 Å². The Morgan fingerprint density at radius 1 is 1.44 bits per heavy atom. The van der Waals surface area contributed by atoms with Crippen LogP contribution in [0.3, 0.4) is 0 Å². The molecule has 1 heterocycles. The molecule has 0 fully saturated rings. The molecule has 1 amide bonds. The van der Waals surface area contributed by atoms with Gasteiger partial charge in [-0.25, -0.2) is 0 Å². The van der Waals surface area contributed by atoms with E-state index in [4.69, 9.17) is 4.74 Å². The molecule has 0 aliphatic carbocycles. The zero-order chi connectivity index (χ0) is 13.6. The highest BCUT2D eigenvalue weighted by Crippen LogP contribution is 2.19. The highest BCUT2D eigenvalue weighted by molar-refractivity contribution is 7.17. The summed E-state index contributed by atoms with van der Waals surface area (Å²) in [5.74, 6) is -0.181. The summed E-state index contributed by atoms with van der Waals surface area (Å²) >= 11 is 1.24. The molecule has 6 nitrogen and oxygen atoms in total. The van der Waals surface area contributed by atoms with E-state index < -0.39 is 0 Å². The van der Waals surface area contributed by atoms with Crippen LogP contribution >= 0.6 is 11.3 Å². The molecule has 2 N–H and O–H groups in total. The first-order chi connectivity index (χ1) is 8.48. The standard InChI is InChI=1S/C11H20N4O2S/c1-11(2,5-6-17-4)7-13-8(16)9-14-15-10(12-3)18-9/h5-7H2,1-4H3,(H,12,15)(H,13,16). The molecule has 0 saturated heterocycles. The monoisotopic (exact) mass is 272 g/mol. The van der Waals surface area contributed by atoms with Crippen molar-refractivity contribution >= 4 is 22.4 Å². The SMILES string of the molecule is CNc1nnc(C(=O)NCC(C)(C)CCOC)s1. The Hall–Kier alpha value is -1.21. The molecule has 0 unspecified atom stereocenters. The van der Waals surface area contributed by atoms with Crippen molar-refractivity contribution in [3.63, 3.8) is 0 Å². The highest BCUT2D eigenvalue weighted by Gasteiger charge is 2.20. The maximum Gasteiger partial charge on any atom is 0.282 e. The summed E-state index contributed by atoms with van der Waals surface area (Å²) in [6.07, 6.45) is 0.891. The number of carbonyl (C=O) groups is 1. The van der Waals surface area contributed by atoms with Gasteiger partial charge >= 0.3 is 0 Å². The van der Waals surface area contributed by atoms with Crippen LogP contribution in [0.25, 0.3) is 0 Å². The third kappa shape index (κ3) is 4.58. The summed E-state index contributed by atoms with van der Waals surface area (Å²) in [6.45, 7) is 5.45. The first-order valence-corrected chi connectivity index (χ1v) is 6.58. The number of ether oxygens (including phenoxy) is 1. The maximum absolute atomic E-state index is 11.8. The number of rotatable bonds is 7. The molecule has 0 saturated carbocycles. The molecule has 0 spiro atoms. The summed E-state index contributed by atoms with van der Waals surface area (Å²) in [5, 5.41) is 14.4. The van der Waals surface area contributed by atoms with E-state index in [2.05, 4.69) is 34.7 Å². The van der Waals surface area contributed by atoms with Gasteiger partial charge in [0, 0.05) is 27.3 Å². The van der Waals surface area contributed by atoms with Gasteiger partial charge in [0.1, 0.15) is 0 Å². The number of nitrogens with zero attached hydrogens (tertiary/aromatic N) is 2. The van der Waals surface area contributed by atoms with Crippen molar-refractivity contribution in [1.82, 2.24) is 15.5 Å². The third-order valence-electron chi connectivity index (χ3n) is 2.54. The van der Waals surface area contributed by atoms with Crippen LogP contribution in [0.2, 0.25) is 0 Å². The number of carbonyl (C=O) groups excluding carboxylic acids is 1. The van der Waals surface area contributed by atoms with Crippen LogP contribution < -0.4 is 10.6 Å². The van der Waals surface area contributed by atoms with E-state index in [1.807, 2.05) is 0 Å². The highest BCUT2D eigenvalue weighted by atomic mass is 32.1. The van der Waals surface area contributed by atoms with Gasteiger partial charge in [0.15, 0.2) is 0 Å². The number of nitrogens with one attached hydrogen (secondary N) is 2. The molecule has 0 bridgehead atoms. The first kappa shape index (κ1) is 14.8. The molecule has 0 radical (unpaired) electrons. The van der Waals surface area contributed by atoms with E-state index in [-0.39, 0.29) is 11.3 Å². The largest absolute Gasteiger partial charge is 0.385 e. The molecule has 0 atom stereocenters. The van der Waals surface area contributed by atoms with Crippen molar-refractivity contribution < 1.29 is 9.53 Å². The number of hydrogen-bond donors (Lipinski definition) is 2. The second-order valence-corrected chi connectivity index (χ2v) is 5.73. The minimum atomic E-state index is -0.181. The molecule has 0 aliphatic rings. The van der Waals surface area contributed by atoms with Gasteiger partial charge in [-0.05, 0) is 11.8 Å². The van der Waals surface area contributed by atoms with Gasteiger partial charge in [-0.2, -0.15) is 0 Å². The summed E-state index contributed by atoms with van der Waals surface area (Å²) in [6, 6.07) is 0. The van der Waals surface area contributed by atoms with Crippen LogP contribution in [-0.4, -0.2) is 43.4 Å². The quantitative estimate of drug-likeness (QED) is 0.784. The van der Waals surface area contributed by atoms with Gasteiger partial charge in [0.2, 0.25) is 10.1 Å². The number of amides is 1. The Morgan fingerprint density at radius 2 is 2.17 bits per heavy atom. The summed E-state index contributed by atoms with van der Waals surface area (Å²) < 4.78 is 5.05. The fourth-order valence-electron chi connectivity index (χ4n) is 1.28. The molecule has 0 aromatic carbocycles. The van der Waals surface area contributed by atoms with Gasteiger partial charge in [-0.3, -0.25) is 4.79 Å². The van der Waals surface area contributed by atoms with E-state index in [9.17, 15) is 4.79 Å². The lowest BCUT2D eigenvalue weighted by molar-refractivity contribution is 0.0920. The average molecular weight is 272 g/mol. The average Bonchev–Trinajstić information content (AvgIpc) is 2.82. The zero-order valence-electron chi connectivity index (χ0n) is 11.2. The van der Waals surface area contributed by atoms with Crippen LogP contribution in [0.1, 0.15) is 30.1 Å². The first-order valence-electron chi connectivity index (χ1n) is 5.77. The van der Waals surface area contributed by atoms with E-state index in [1.165, 1.54) is 11.3 Å². The van der Waals surface area contributed by atoms with E-state index >= 15 is 0 Å². The Kier molecular flexibility index (Phi) is 5.49. The topological polar surface area (TPSA) is 76.1 Å². The zero-order valence-corrected chi connectivity index (χ0v) is 12.1. The summed E-state index contributed by atoms with van der Waals surface area (Å²) in [7, 11) is 3.42. The number of hydrogen-bond acceptors (Lipinski definition) is 6. The predicted molar refractivity (Wildman–Crippen MR) is 72.1 cm³/mol. The van der Waals surface area contributed by atoms with Crippen LogP contribution in [0.5, 0.6) is 0 Å². The fraction of sp³-hybridized carbons (Fsp3) is 0.727. The molecule has 102 valence electrons. The smallest absolute Gasteiger partial charge is 0.282 e. The fourth-order valence-corrected chi connectivity index (χ4v) is 1.89. The van der Waals surface area contributed by atoms with Crippen molar-refractivity contribution in [2.75, 3.05) is 32.6 Å². The Morgan fingerprint density at radius 3 is 2.72 bits per heavy atom. The van der Waals surface area contributed by atoms with Crippen LogP contribution in [0, 0.1) is 5.41 Å². The van der Waals surface area contributed by atoms with Crippen molar-refractivity contribution in [3.8, 4) is 0 Å². The third-order valence-corrected chi connectivity index (χ3v) is 3.48. The lowest BCUT2D eigenvalue weighted by atomic mass is 9.90. The molecular formula is C11H20N4O2S. The molecule has 1 rings (SSSR count). The van der Waals surface area contributed by atoms with Crippen molar-refractivity contribution in [1.29, 1.82) is 0 Å². The number of anilines is 1. The molecule has 7 heteroatoms. The Bertz CT molecular complexity index is 392. The van der Waals surface area contributed by atoms with Crippen molar-refractivity contribution in [2.24, 2.45) is 5.41 Å². The molecule has 0 aliphatic heterocycles. The Labute approximate surface area is 111 Å². The summed E-state index contributed by atoms with van der Waals surface area (Å²) in [4.78, 5) is 11.8. The van der Waals surface area contributed by atoms with Gasteiger partial charge < -0.3 is 15.4 Å². The Balaban J connectivity index is 2.45. The molecule has 1 aromatic heterocycles. The lowest BCUT2D eigenvalue weighted by Crippen LogP contribution is -2.34. The van der Waals surface area contributed by atoms with Crippen molar-refractivity contribution in [3.05, 3.63) is 5.01 Å². The number of aromatic nitrogens is 2. The van der Waals surface area contributed by atoms with E-state index in [0.29, 0.717) is 23.3 Å². The molecule has 1 aromatic rings. The second kappa shape index (κ2) is 6.65. The minimum absolute atomic E-state index is 0.00218.